The van der Waals surface area contributed by atoms with Gasteiger partial charge in [-0.05, 0) is 38.2 Å². The standard InChI is InChI=1S/C15H20BrN3S/c1-17-15(12-4-3-5-13(16)8-12)6-7-19(2)9-14-10-20-11-18-14/h3-5,8,10-11,15,17H,6-7,9H2,1-2H3. The fraction of sp³-hybridized carbons (Fsp3) is 0.400. The van der Waals surface area contributed by atoms with E-state index in [4.69, 9.17) is 0 Å². The number of nitrogens with zero attached hydrogens (tertiary/aromatic N) is 2. The molecule has 2 rings (SSSR count). The fourth-order valence-corrected chi connectivity index (χ4v) is 3.19. The maximum Gasteiger partial charge on any atom is 0.0795 e. The summed E-state index contributed by atoms with van der Waals surface area (Å²) in [5, 5.41) is 5.51. The molecule has 0 fully saturated rings. The zero-order chi connectivity index (χ0) is 14.4. The van der Waals surface area contributed by atoms with Gasteiger partial charge in [-0.1, -0.05) is 28.1 Å². The number of rotatable bonds is 7. The molecule has 0 aliphatic heterocycles. The Balaban J connectivity index is 1.87. The van der Waals surface area contributed by atoms with E-state index < -0.39 is 0 Å². The first kappa shape index (κ1) is 15.6. The Morgan fingerprint density at radius 3 is 2.95 bits per heavy atom. The molecule has 0 aliphatic rings. The summed E-state index contributed by atoms with van der Waals surface area (Å²) in [6.07, 6.45) is 1.08. The summed E-state index contributed by atoms with van der Waals surface area (Å²) < 4.78 is 1.13. The van der Waals surface area contributed by atoms with Gasteiger partial charge in [0.25, 0.3) is 0 Å². The lowest BCUT2D eigenvalue weighted by molar-refractivity contribution is 0.301. The summed E-state index contributed by atoms with van der Waals surface area (Å²) in [7, 11) is 4.17. The zero-order valence-corrected chi connectivity index (χ0v) is 14.2. The Bertz CT molecular complexity index is 516. The third-order valence-electron chi connectivity index (χ3n) is 3.31. The average Bonchev–Trinajstić information content (AvgIpc) is 2.92. The third kappa shape index (κ3) is 4.66. The van der Waals surface area contributed by atoms with E-state index in [0.717, 1.165) is 29.7 Å². The van der Waals surface area contributed by atoms with Crippen molar-refractivity contribution in [3.63, 3.8) is 0 Å². The maximum absolute atomic E-state index is 4.33. The summed E-state index contributed by atoms with van der Waals surface area (Å²) in [6.45, 7) is 1.95. The molecule has 1 aromatic heterocycles. The van der Waals surface area contributed by atoms with Gasteiger partial charge in [0.15, 0.2) is 0 Å². The minimum atomic E-state index is 0.380. The fourth-order valence-electron chi connectivity index (χ4n) is 2.22. The van der Waals surface area contributed by atoms with Gasteiger partial charge in [0, 0.05) is 29.0 Å². The SMILES string of the molecule is CNC(CCN(C)Cc1cscn1)c1cccc(Br)c1. The van der Waals surface area contributed by atoms with Crippen LogP contribution < -0.4 is 5.32 Å². The van der Waals surface area contributed by atoms with E-state index in [1.807, 2.05) is 12.6 Å². The minimum Gasteiger partial charge on any atom is -0.313 e. The number of aromatic nitrogens is 1. The highest BCUT2D eigenvalue weighted by atomic mass is 79.9. The van der Waals surface area contributed by atoms with Gasteiger partial charge in [-0.3, -0.25) is 0 Å². The van der Waals surface area contributed by atoms with Gasteiger partial charge >= 0.3 is 0 Å². The third-order valence-corrected chi connectivity index (χ3v) is 4.44. The topological polar surface area (TPSA) is 28.2 Å². The second-order valence-corrected chi connectivity index (χ2v) is 6.54. The second kappa shape index (κ2) is 7.88. The van der Waals surface area contributed by atoms with Crippen LogP contribution in [-0.2, 0) is 6.54 Å². The first-order valence-electron chi connectivity index (χ1n) is 6.67. The van der Waals surface area contributed by atoms with Crippen LogP contribution in [0, 0.1) is 0 Å². The molecular formula is C15H20BrN3S. The summed E-state index contributed by atoms with van der Waals surface area (Å²) >= 11 is 5.19. The van der Waals surface area contributed by atoms with Crippen molar-refractivity contribution in [3.05, 3.63) is 50.9 Å². The van der Waals surface area contributed by atoms with Gasteiger partial charge in [0.05, 0.1) is 11.2 Å². The predicted octanol–water partition coefficient (Wildman–Crippen LogP) is 3.69. The van der Waals surface area contributed by atoms with Crippen molar-refractivity contribution in [1.82, 2.24) is 15.2 Å². The van der Waals surface area contributed by atoms with Crippen LogP contribution >= 0.6 is 27.3 Å². The normalized spacial score (nSPS) is 12.8. The van der Waals surface area contributed by atoms with Crippen molar-refractivity contribution in [2.75, 3.05) is 20.6 Å². The molecule has 0 saturated carbocycles. The Morgan fingerprint density at radius 1 is 1.45 bits per heavy atom. The summed E-state index contributed by atoms with van der Waals surface area (Å²) in [4.78, 5) is 6.65. The van der Waals surface area contributed by atoms with Crippen LogP contribution in [0.5, 0.6) is 0 Å². The van der Waals surface area contributed by atoms with Crippen LogP contribution in [0.4, 0.5) is 0 Å². The molecule has 1 unspecified atom stereocenters. The Hall–Kier alpha value is -0.750. The quantitative estimate of drug-likeness (QED) is 0.822. The number of halogens is 1. The van der Waals surface area contributed by atoms with E-state index in [2.05, 4.69) is 67.8 Å². The molecule has 20 heavy (non-hydrogen) atoms. The van der Waals surface area contributed by atoms with Crippen molar-refractivity contribution in [2.45, 2.75) is 19.0 Å². The Kier molecular flexibility index (Phi) is 6.16. The highest BCUT2D eigenvalue weighted by Crippen LogP contribution is 2.21. The van der Waals surface area contributed by atoms with Crippen LogP contribution in [0.25, 0.3) is 0 Å². The smallest absolute Gasteiger partial charge is 0.0795 e. The molecule has 0 amide bonds. The van der Waals surface area contributed by atoms with Crippen molar-refractivity contribution in [1.29, 1.82) is 0 Å². The van der Waals surface area contributed by atoms with Gasteiger partial charge in [0.1, 0.15) is 0 Å². The molecule has 0 saturated heterocycles. The number of nitrogens with one attached hydrogen (secondary N) is 1. The Labute approximate surface area is 133 Å². The van der Waals surface area contributed by atoms with Crippen molar-refractivity contribution < 1.29 is 0 Å². The molecule has 0 bridgehead atoms. The Morgan fingerprint density at radius 2 is 2.30 bits per heavy atom. The van der Waals surface area contributed by atoms with Gasteiger partial charge in [-0.25, -0.2) is 4.98 Å². The molecule has 5 heteroatoms. The number of hydrogen-bond donors (Lipinski definition) is 1. The van der Waals surface area contributed by atoms with Crippen molar-refractivity contribution in [3.8, 4) is 0 Å². The largest absolute Gasteiger partial charge is 0.313 e. The lowest BCUT2D eigenvalue weighted by Gasteiger charge is -2.21. The van der Waals surface area contributed by atoms with Crippen LogP contribution in [0.1, 0.15) is 23.7 Å². The molecule has 1 N–H and O–H groups in total. The van der Waals surface area contributed by atoms with E-state index in [9.17, 15) is 0 Å². The van der Waals surface area contributed by atoms with E-state index >= 15 is 0 Å². The molecule has 3 nitrogen and oxygen atoms in total. The highest BCUT2D eigenvalue weighted by molar-refractivity contribution is 9.10. The van der Waals surface area contributed by atoms with E-state index in [1.54, 1.807) is 11.3 Å². The summed E-state index contributed by atoms with van der Waals surface area (Å²) in [5.74, 6) is 0. The lowest BCUT2D eigenvalue weighted by Crippen LogP contribution is -2.25. The number of hydrogen-bond acceptors (Lipinski definition) is 4. The van der Waals surface area contributed by atoms with Gasteiger partial charge in [-0.2, -0.15) is 0 Å². The van der Waals surface area contributed by atoms with Crippen LogP contribution in [0.15, 0.2) is 39.6 Å². The monoisotopic (exact) mass is 353 g/mol. The molecule has 0 aliphatic carbocycles. The first-order valence-corrected chi connectivity index (χ1v) is 8.41. The van der Waals surface area contributed by atoms with Gasteiger partial charge < -0.3 is 10.2 Å². The highest BCUT2D eigenvalue weighted by Gasteiger charge is 2.11. The predicted molar refractivity (Wildman–Crippen MR) is 89.0 cm³/mol. The zero-order valence-electron chi connectivity index (χ0n) is 11.8. The van der Waals surface area contributed by atoms with Crippen LogP contribution in [-0.4, -0.2) is 30.5 Å². The van der Waals surface area contributed by atoms with E-state index in [0.29, 0.717) is 6.04 Å². The molecule has 108 valence electrons. The maximum atomic E-state index is 4.33. The molecule has 1 atom stereocenters. The van der Waals surface area contributed by atoms with E-state index in [1.165, 1.54) is 5.56 Å². The van der Waals surface area contributed by atoms with Crippen LogP contribution in [0.3, 0.4) is 0 Å². The van der Waals surface area contributed by atoms with Crippen LogP contribution in [0.2, 0.25) is 0 Å². The molecule has 1 heterocycles. The molecule has 0 spiro atoms. The summed E-state index contributed by atoms with van der Waals surface area (Å²) in [5.41, 5.74) is 4.37. The number of thiazole rings is 1. The second-order valence-electron chi connectivity index (χ2n) is 4.90. The first-order chi connectivity index (χ1) is 9.69. The minimum absolute atomic E-state index is 0.380. The van der Waals surface area contributed by atoms with Crippen molar-refractivity contribution >= 4 is 27.3 Å². The van der Waals surface area contributed by atoms with E-state index in [-0.39, 0.29) is 0 Å². The lowest BCUT2D eigenvalue weighted by atomic mass is 10.0. The molecule has 1 aromatic carbocycles. The molecule has 0 radical (unpaired) electrons. The number of benzene rings is 1. The molecular weight excluding hydrogens is 334 g/mol. The van der Waals surface area contributed by atoms with Gasteiger partial charge in [-0.15, -0.1) is 11.3 Å². The molecule has 2 aromatic rings. The summed E-state index contributed by atoms with van der Waals surface area (Å²) in [6, 6.07) is 8.88. The van der Waals surface area contributed by atoms with Crippen molar-refractivity contribution in [2.24, 2.45) is 0 Å². The average molecular weight is 354 g/mol. The van der Waals surface area contributed by atoms with Gasteiger partial charge in [0.2, 0.25) is 0 Å².